The Kier molecular flexibility index (Phi) is 2.14. The predicted molar refractivity (Wildman–Crippen MR) is 73.0 cm³/mol. The van der Waals surface area contributed by atoms with E-state index in [1.165, 1.54) is 0 Å². The molecule has 0 spiro atoms. The van der Waals surface area contributed by atoms with E-state index in [1.807, 2.05) is 51.1 Å². The molecule has 0 atom stereocenters. The molecule has 1 aromatic carbocycles. The number of aromatic amines is 1. The summed E-state index contributed by atoms with van der Waals surface area (Å²) in [5, 5.41) is 0.960. The van der Waals surface area contributed by atoms with Gasteiger partial charge in [-0.2, -0.15) is 0 Å². The average molecular weight is 241 g/mol. The molecule has 0 unspecified atom stereocenters. The lowest BCUT2D eigenvalue weighted by Gasteiger charge is -2.28. The van der Waals surface area contributed by atoms with E-state index in [9.17, 15) is 4.79 Å². The standard InChI is InChI=1S/C15H15NO2/c1-9-4-5-12-11(8-9)13-10(14(17)16-12)6-7-15(2,3)18-13/h4-8H,1-3H3,(H,16,17). The van der Waals surface area contributed by atoms with Crippen LogP contribution in [0.15, 0.2) is 29.1 Å². The van der Waals surface area contributed by atoms with Crippen molar-refractivity contribution in [1.29, 1.82) is 0 Å². The zero-order valence-electron chi connectivity index (χ0n) is 10.7. The number of pyridine rings is 1. The molecule has 1 N–H and O–H groups in total. The summed E-state index contributed by atoms with van der Waals surface area (Å²) in [6.07, 6.45) is 3.76. The maximum absolute atomic E-state index is 12.0. The smallest absolute Gasteiger partial charge is 0.259 e. The van der Waals surface area contributed by atoms with Gasteiger partial charge in [0, 0.05) is 5.39 Å². The van der Waals surface area contributed by atoms with Crippen LogP contribution in [0.3, 0.4) is 0 Å². The summed E-state index contributed by atoms with van der Waals surface area (Å²) in [6, 6.07) is 5.94. The number of fused-ring (bicyclic) bond motifs is 3. The van der Waals surface area contributed by atoms with Gasteiger partial charge in [-0.25, -0.2) is 0 Å². The summed E-state index contributed by atoms with van der Waals surface area (Å²) in [6.45, 7) is 5.99. The Balaban J connectivity index is 2.42. The topological polar surface area (TPSA) is 42.1 Å². The number of hydrogen-bond acceptors (Lipinski definition) is 2. The Morgan fingerprint density at radius 2 is 2.06 bits per heavy atom. The predicted octanol–water partition coefficient (Wildman–Crippen LogP) is 3.02. The highest BCUT2D eigenvalue weighted by Gasteiger charge is 2.25. The van der Waals surface area contributed by atoms with Gasteiger partial charge in [-0.3, -0.25) is 4.79 Å². The first kappa shape index (κ1) is 11.1. The number of nitrogens with one attached hydrogen (secondary N) is 1. The maximum Gasteiger partial charge on any atom is 0.259 e. The van der Waals surface area contributed by atoms with E-state index in [0.29, 0.717) is 11.3 Å². The van der Waals surface area contributed by atoms with Gasteiger partial charge in [0.15, 0.2) is 0 Å². The number of ether oxygens (including phenoxy) is 1. The number of aryl methyl sites for hydroxylation is 1. The third kappa shape index (κ3) is 1.63. The Bertz CT molecular complexity index is 723. The maximum atomic E-state index is 12.0. The van der Waals surface area contributed by atoms with Gasteiger partial charge in [0.05, 0.1) is 11.1 Å². The van der Waals surface area contributed by atoms with Crippen LogP contribution in [-0.2, 0) is 0 Å². The van der Waals surface area contributed by atoms with Gasteiger partial charge < -0.3 is 9.72 Å². The zero-order valence-corrected chi connectivity index (χ0v) is 10.7. The molecular formula is C15H15NO2. The molecule has 0 amide bonds. The SMILES string of the molecule is Cc1ccc2[nH]c(=O)c3c(c2c1)OC(C)(C)C=C3. The molecule has 1 aliphatic rings. The Morgan fingerprint density at radius 3 is 2.83 bits per heavy atom. The van der Waals surface area contributed by atoms with E-state index < -0.39 is 0 Å². The van der Waals surface area contributed by atoms with Gasteiger partial charge >= 0.3 is 0 Å². The van der Waals surface area contributed by atoms with Gasteiger partial charge in [0.1, 0.15) is 11.4 Å². The minimum absolute atomic E-state index is 0.104. The molecule has 92 valence electrons. The van der Waals surface area contributed by atoms with Crippen LogP contribution < -0.4 is 10.3 Å². The molecule has 0 fully saturated rings. The van der Waals surface area contributed by atoms with E-state index in [0.717, 1.165) is 16.5 Å². The monoisotopic (exact) mass is 241 g/mol. The van der Waals surface area contributed by atoms with Crippen molar-refractivity contribution in [2.75, 3.05) is 0 Å². The van der Waals surface area contributed by atoms with Crippen molar-refractivity contribution < 1.29 is 4.74 Å². The van der Waals surface area contributed by atoms with E-state index in [-0.39, 0.29) is 11.2 Å². The van der Waals surface area contributed by atoms with Crippen molar-refractivity contribution in [2.24, 2.45) is 0 Å². The van der Waals surface area contributed by atoms with Crippen LogP contribution in [0.1, 0.15) is 25.0 Å². The molecule has 0 bridgehead atoms. The van der Waals surface area contributed by atoms with Gasteiger partial charge in [0.25, 0.3) is 5.56 Å². The third-order valence-corrected chi connectivity index (χ3v) is 3.17. The van der Waals surface area contributed by atoms with Crippen molar-refractivity contribution in [2.45, 2.75) is 26.4 Å². The Hall–Kier alpha value is -2.03. The summed E-state index contributed by atoms with van der Waals surface area (Å²) in [7, 11) is 0. The van der Waals surface area contributed by atoms with Crippen LogP contribution in [-0.4, -0.2) is 10.6 Å². The molecular weight excluding hydrogens is 226 g/mol. The highest BCUT2D eigenvalue weighted by atomic mass is 16.5. The number of H-pyrrole nitrogens is 1. The second-order valence-corrected chi connectivity index (χ2v) is 5.28. The molecule has 3 nitrogen and oxygen atoms in total. The Labute approximate surface area is 105 Å². The molecule has 3 heteroatoms. The number of aromatic nitrogens is 1. The first-order chi connectivity index (χ1) is 8.46. The average Bonchev–Trinajstić information content (AvgIpc) is 2.29. The summed E-state index contributed by atoms with van der Waals surface area (Å²) in [5.41, 5.74) is 2.08. The van der Waals surface area contributed by atoms with Crippen LogP contribution in [0.25, 0.3) is 17.0 Å². The summed E-state index contributed by atoms with van der Waals surface area (Å²) >= 11 is 0. The van der Waals surface area contributed by atoms with Crippen LogP contribution in [0.2, 0.25) is 0 Å². The molecule has 18 heavy (non-hydrogen) atoms. The first-order valence-corrected chi connectivity index (χ1v) is 6.01. The van der Waals surface area contributed by atoms with E-state index in [2.05, 4.69) is 4.98 Å². The fourth-order valence-electron chi connectivity index (χ4n) is 2.24. The van der Waals surface area contributed by atoms with Crippen molar-refractivity contribution >= 4 is 17.0 Å². The second kappa shape index (κ2) is 3.48. The van der Waals surface area contributed by atoms with Gasteiger partial charge in [-0.1, -0.05) is 11.6 Å². The van der Waals surface area contributed by atoms with Crippen LogP contribution in [0, 0.1) is 6.92 Å². The lowest BCUT2D eigenvalue weighted by atomic mass is 10.0. The Morgan fingerprint density at radius 1 is 1.28 bits per heavy atom. The molecule has 2 heterocycles. The summed E-state index contributed by atoms with van der Waals surface area (Å²) in [4.78, 5) is 14.9. The van der Waals surface area contributed by atoms with Crippen molar-refractivity contribution in [3.63, 3.8) is 0 Å². The first-order valence-electron chi connectivity index (χ1n) is 6.01. The zero-order chi connectivity index (χ0) is 12.9. The molecule has 0 radical (unpaired) electrons. The lowest BCUT2D eigenvalue weighted by Crippen LogP contribution is -2.30. The fourth-order valence-corrected chi connectivity index (χ4v) is 2.24. The molecule has 2 aromatic rings. The molecule has 0 aliphatic carbocycles. The second-order valence-electron chi connectivity index (χ2n) is 5.28. The van der Waals surface area contributed by atoms with Gasteiger partial charge in [-0.15, -0.1) is 0 Å². The van der Waals surface area contributed by atoms with E-state index >= 15 is 0 Å². The lowest BCUT2D eigenvalue weighted by molar-refractivity contribution is 0.161. The number of rotatable bonds is 0. The summed E-state index contributed by atoms with van der Waals surface area (Å²) < 4.78 is 5.96. The quantitative estimate of drug-likeness (QED) is 0.770. The van der Waals surface area contributed by atoms with Crippen LogP contribution in [0.4, 0.5) is 0 Å². The molecule has 0 saturated carbocycles. The minimum Gasteiger partial charge on any atom is -0.482 e. The van der Waals surface area contributed by atoms with Crippen molar-refractivity contribution in [3.8, 4) is 5.75 Å². The highest BCUT2D eigenvalue weighted by Crippen LogP contribution is 2.34. The largest absolute Gasteiger partial charge is 0.482 e. The number of benzene rings is 1. The molecule has 3 rings (SSSR count). The third-order valence-electron chi connectivity index (χ3n) is 3.17. The molecule has 0 saturated heterocycles. The minimum atomic E-state index is -0.378. The molecule has 1 aliphatic heterocycles. The normalized spacial score (nSPS) is 16.4. The van der Waals surface area contributed by atoms with Crippen LogP contribution >= 0.6 is 0 Å². The summed E-state index contributed by atoms with van der Waals surface area (Å²) in [5.74, 6) is 0.685. The van der Waals surface area contributed by atoms with Gasteiger partial charge in [0.2, 0.25) is 0 Å². The highest BCUT2D eigenvalue weighted by molar-refractivity contribution is 5.89. The van der Waals surface area contributed by atoms with Crippen LogP contribution in [0.5, 0.6) is 5.75 Å². The van der Waals surface area contributed by atoms with Crippen molar-refractivity contribution in [3.05, 3.63) is 45.8 Å². The molecule has 1 aromatic heterocycles. The van der Waals surface area contributed by atoms with Gasteiger partial charge in [-0.05, 0) is 45.1 Å². The fraction of sp³-hybridized carbons (Fsp3) is 0.267. The van der Waals surface area contributed by atoms with E-state index in [1.54, 1.807) is 0 Å². The van der Waals surface area contributed by atoms with E-state index in [4.69, 9.17) is 4.74 Å². The number of hydrogen-bond donors (Lipinski definition) is 1. The van der Waals surface area contributed by atoms with Crippen molar-refractivity contribution in [1.82, 2.24) is 4.98 Å².